The van der Waals surface area contributed by atoms with E-state index >= 15 is 0 Å². The van der Waals surface area contributed by atoms with Gasteiger partial charge in [0.25, 0.3) is 0 Å². The molecule has 0 amide bonds. The zero-order valence-electron chi connectivity index (χ0n) is 12.5. The third-order valence-corrected chi connectivity index (χ3v) is 2.34. The van der Waals surface area contributed by atoms with Crippen molar-refractivity contribution in [3.63, 3.8) is 0 Å². The molecule has 0 aliphatic heterocycles. The summed E-state index contributed by atoms with van der Waals surface area (Å²) in [6, 6.07) is 0. The Morgan fingerprint density at radius 2 is 1.06 bits per heavy atom. The van der Waals surface area contributed by atoms with Crippen molar-refractivity contribution < 1.29 is 10.2 Å². The Balaban J connectivity index is 4.59. The van der Waals surface area contributed by atoms with Gasteiger partial charge in [0.2, 0.25) is 0 Å². The summed E-state index contributed by atoms with van der Waals surface area (Å²) in [5.41, 5.74) is -2.01. The van der Waals surface area contributed by atoms with Gasteiger partial charge >= 0.3 is 0 Å². The van der Waals surface area contributed by atoms with Crippen LogP contribution in [0.4, 0.5) is 0 Å². The Morgan fingerprint density at radius 3 is 1.28 bits per heavy atom. The summed E-state index contributed by atoms with van der Waals surface area (Å²) in [7, 11) is 0. The van der Waals surface area contributed by atoms with E-state index in [4.69, 9.17) is 0 Å². The Kier molecular flexibility index (Phi) is 6.47. The predicted molar refractivity (Wildman–Crippen MR) is 75.7 cm³/mol. The molecular formula is C16H26O2. The maximum absolute atomic E-state index is 9.96. The van der Waals surface area contributed by atoms with Crippen LogP contribution in [0.5, 0.6) is 0 Å². The summed E-state index contributed by atoms with van der Waals surface area (Å²) in [6.45, 7) is 11.5. The quantitative estimate of drug-likeness (QED) is 0.753. The molecule has 0 saturated heterocycles. The van der Waals surface area contributed by atoms with Crippen LogP contribution >= 0.6 is 0 Å². The van der Waals surface area contributed by atoms with Crippen LogP contribution in [0, 0.1) is 35.5 Å². The normalized spacial score (nSPS) is 17.2. The third kappa shape index (κ3) is 9.11. The summed E-state index contributed by atoms with van der Waals surface area (Å²) in [6.07, 6.45) is 1.23. The fraction of sp³-hybridized carbons (Fsp3) is 0.750. The van der Waals surface area contributed by atoms with E-state index in [1.807, 2.05) is 27.7 Å². The molecule has 0 rings (SSSR count). The maximum atomic E-state index is 9.96. The van der Waals surface area contributed by atoms with E-state index < -0.39 is 11.2 Å². The van der Waals surface area contributed by atoms with Crippen molar-refractivity contribution in [2.24, 2.45) is 11.8 Å². The van der Waals surface area contributed by atoms with Crippen molar-refractivity contribution >= 4 is 0 Å². The van der Waals surface area contributed by atoms with Gasteiger partial charge in [-0.25, -0.2) is 0 Å². The highest BCUT2D eigenvalue weighted by molar-refractivity contribution is 5.32. The lowest BCUT2D eigenvalue weighted by Crippen LogP contribution is -2.24. The molecule has 0 aliphatic carbocycles. The lowest BCUT2D eigenvalue weighted by Gasteiger charge is -2.18. The van der Waals surface area contributed by atoms with Crippen LogP contribution in [0.1, 0.15) is 54.4 Å². The molecule has 0 saturated carbocycles. The minimum atomic E-state index is -1.01. The fourth-order valence-electron chi connectivity index (χ4n) is 2.02. The first-order chi connectivity index (χ1) is 8.04. The lowest BCUT2D eigenvalue weighted by molar-refractivity contribution is 0.0965. The van der Waals surface area contributed by atoms with Crippen molar-refractivity contribution in [2.45, 2.75) is 65.6 Å². The second-order valence-electron chi connectivity index (χ2n) is 6.24. The number of hydrogen-bond donors (Lipinski definition) is 2. The molecule has 0 aromatic rings. The van der Waals surface area contributed by atoms with Gasteiger partial charge in [0.15, 0.2) is 0 Å². The zero-order valence-corrected chi connectivity index (χ0v) is 12.5. The van der Waals surface area contributed by atoms with E-state index in [0.29, 0.717) is 24.7 Å². The molecule has 0 heterocycles. The van der Waals surface area contributed by atoms with Crippen molar-refractivity contribution in [1.82, 2.24) is 0 Å². The predicted octanol–water partition coefficient (Wildman–Crippen LogP) is 2.59. The monoisotopic (exact) mass is 250 g/mol. The first kappa shape index (κ1) is 17.0. The van der Waals surface area contributed by atoms with Crippen molar-refractivity contribution in [2.75, 3.05) is 0 Å². The van der Waals surface area contributed by atoms with E-state index in [1.165, 1.54) is 0 Å². The first-order valence-electron chi connectivity index (χ1n) is 6.53. The highest BCUT2D eigenvalue weighted by Crippen LogP contribution is 2.15. The van der Waals surface area contributed by atoms with Gasteiger partial charge < -0.3 is 10.2 Å². The minimum absolute atomic E-state index is 0.381. The van der Waals surface area contributed by atoms with Gasteiger partial charge in [-0.1, -0.05) is 39.5 Å². The van der Waals surface area contributed by atoms with E-state index in [9.17, 15) is 10.2 Å². The van der Waals surface area contributed by atoms with Gasteiger partial charge in [0, 0.05) is 0 Å². The van der Waals surface area contributed by atoms with Gasteiger partial charge in [-0.3, -0.25) is 0 Å². The summed E-state index contributed by atoms with van der Waals surface area (Å²) in [4.78, 5) is 0. The molecule has 0 fully saturated rings. The second kappa shape index (κ2) is 6.83. The maximum Gasteiger partial charge on any atom is 0.124 e. The molecule has 0 aromatic carbocycles. The first-order valence-corrected chi connectivity index (χ1v) is 6.53. The molecular weight excluding hydrogens is 224 g/mol. The van der Waals surface area contributed by atoms with Gasteiger partial charge in [0.05, 0.1) is 0 Å². The van der Waals surface area contributed by atoms with Gasteiger partial charge in [-0.2, -0.15) is 0 Å². The average Bonchev–Trinajstić information content (AvgIpc) is 2.08. The van der Waals surface area contributed by atoms with Crippen molar-refractivity contribution in [3.05, 3.63) is 0 Å². The van der Waals surface area contributed by atoms with Gasteiger partial charge in [-0.05, 0) is 50.4 Å². The minimum Gasteiger partial charge on any atom is -0.378 e. The highest BCUT2D eigenvalue weighted by atomic mass is 16.3. The molecule has 2 nitrogen and oxygen atoms in total. The molecule has 0 radical (unpaired) electrons. The van der Waals surface area contributed by atoms with Crippen LogP contribution in [0.15, 0.2) is 0 Å². The number of hydrogen-bond acceptors (Lipinski definition) is 2. The SMILES string of the molecule is CC(C)CC(C)(O)C#CC#CC(C)(O)CC(C)C. The van der Waals surface area contributed by atoms with Crippen LogP contribution in [0.3, 0.4) is 0 Å². The van der Waals surface area contributed by atoms with Crippen LogP contribution in [-0.2, 0) is 0 Å². The fourth-order valence-corrected chi connectivity index (χ4v) is 2.02. The molecule has 0 aromatic heterocycles. The van der Waals surface area contributed by atoms with Crippen LogP contribution in [-0.4, -0.2) is 21.4 Å². The summed E-state index contributed by atoms with van der Waals surface area (Å²) >= 11 is 0. The molecule has 2 atom stereocenters. The van der Waals surface area contributed by atoms with Gasteiger partial charge in [-0.15, -0.1) is 0 Å². The Hall–Kier alpha value is -0.960. The van der Waals surface area contributed by atoms with E-state index in [0.717, 1.165) is 0 Å². The molecule has 102 valence electrons. The van der Waals surface area contributed by atoms with E-state index in [2.05, 4.69) is 23.7 Å². The Bertz CT molecular complexity index is 329. The standard InChI is InChI=1S/C16H26O2/c1-13(2)11-15(5,17)9-7-8-10-16(6,18)12-14(3)4/h13-14,17-18H,11-12H2,1-6H3. The zero-order chi connectivity index (χ0) is 14.4. The second-order valence-corrected chi connectivity index (χ2v) is 6.24. The van der Waals surface area contributed by atoms with Crippen LogP contribution in [0.2, 0.25) is 0 Å². The third-order valence-electron chi connectivity index (χ3n) is 2.34. The summed E-state index contributed by atoms with van der Waals surface area (Å²) in [5.74, 6) is 11.5. The average molecular weight is 250 g/mol. The van der Waals surface area contributed by atoms with Crippen molar-refractivity contribution in [1.29, 1.82) is 0 Å². The topological polar surface area (TPSA) is 40.5 Å². The van der Waals surface area contributed by atoms with Crippen LogP contribution < -0.4 is 0 Å². The molecule has 18 heavy (non-hydrogen) atoms. The van der Waals surface area contributed by atoms with E-state index in [1.54, 1.807) is 13.8 Å². The Morgan fingerprint density at radius 1 is 0.778 bits per heavy atom. The van der Waals surface area contributed by atoms with Crippen molar-refractivity contribution in [3.8, 4) is 23.7 Å². The molecule has 2 heteroatoms. The molecule has 0 bridgehead atoms. The number of aliphatic hydroxyl groups is 2. The smallest absolute Gasteiger partial charge is 0.124 e. The summed E-state index contributed by atoms with van der Waals surface area (Å²) in [5, 5.41) is 19.9. The highest BCUT2D eigenvalue weighted by Gasteiger charge is 2.19. The molecule has 0 spiro atoms. The molecule has 2 N–H and O–H groups in total. The largest absolute Gasteiger partial charge is 0.378 e. The summed E-state index contributed by atoms with van der Waals surface area (Å²) < 4.78 is 0. The van der Waals surface area contributed by atoms with E-state index in [-0.39, 0.29) is 0 Å². The molecule has 2 unspecified atom stereocenters. The van der Waals surface area contributed by atoms with Crippen LogP contribution in [0.25, 0.3) is 0 Å². The van der Waals surface area contributed by atoms with Gasteiger partial charge in [0.1, 0.15) is 11.2 Å². The lowest BCUT2D eigenvalue weighted by atomic mass is 9.94. The number of rotatable bonds is 4. The molecule has 0 aliphatic rings. The Labute approximate surface area is 112 Å².